The molecular formula is C35H39BN2O5. The van der Waals surface area contributed by atoms with Crippen LogP contribution >= 0.6 is 0 Å². The van der Waals surface area contributed by atoms with E-state index in [4.69, 9.17) is 23.8 Å². The van der Waals surface area contributed by atoms with E-state index in [2.05, 4.69) is 70.2 Å². The Balaban J connectivity index is 1.08. The van der Waals surface area contributed by atoms with Crippen LogP contribution in [0.2, 0.25) is 0 Å². The number of ether oxygens (including phenoxy) is 2. The topological polar surface area (TPSA) is 69.6 Å². The van der Waals surface area contributed by atoms with E-state index >= 15 is 0 Å². The van der Waals surface area contributed by atoms with E-state index in [0.29, 0.717) is 12.5 Å². The highest BCUT2D eigenvalue weighted by molar-refractivity contribution is 6.62. The van der Waals surface area contributed by atoms with Gasteiger partial charge in [0.1, 0.15) is 18.0 Å². The van der Waals surface area contributed by atoms with Crippen molar-refractivity contribution < 1.29 is 23.6 Å². The number of benzene rings is 3. The smallest absolute Gasteiger partial charge is 0.488 e. The summed E-state index contributed by atoms with van der Waals surface area (Å²) in [4.78, 5) is 20.2. The minimum atomic E-state index is -0.517. The molecule has 1 amide bonds. The van der Waals surface area contributed by atoms with Gasteiger partial charge in [-0.15, -0.1) is 0 Å². The molecule has 8 heteroatoms. The first-order valence-corrected chi connectivity index (χ1v) is 15.6. The number of hydrogen-bond donors (Lipinski definition) is 0. The molecule has 3 atom stereocenters. The molecule has 1 aliphatic carbocycles. The summed E-state index contributed by atoms with van der Waals surface area (Å²) in [6.45, 7) is 14.6. The SMILES string of the molecule is CC(C)(C)OC(=O)N1[C@@H]2C[C@@H]2C[C@H]1C1=Nc2ccc3cc4c(cc3c2C1)OCc1cc(B2OC(C)(C)C(C)(C)O2)ccc1-4. The predicted octanol–water partition coefficient (Wildman–Crippen LogP) is 6.72. The molecule has 0 N–H and O–H groups in total. The van der Waals surface area contributed by atoms with E-state index in [1.165, 1.54) is 21.9 Å². The van der Waals surface area contributed by atoms with Crippen molar-refractivity contribution in [1.82, 2.24) is 4.90 Å². The maximum atomic E-state index is 13.2. The number of amides is 1. The van der Waals surface area contributed by atoms with Crippen LogP contribution in [0.3, 0.4) is 0 Å². The van der Waals surface area contributed by atoms with E-state index in [-0.39, 0.29) is 29.4 Å². The lowest BCUT2D eigenvalue weighted by Gasteiger charge is -2.32. The Morgan fingerprint density at radius 1 is 1.00 bits per heavy atom. The van der Waals surface area contributed by atoms with Gasteiger partial charge in [0.05, 0.1) is 22.9 Å². The Hall–Kier alpha value is -3.36. The summed E-state index contributed by atoms with van der Waals surface area (Å²) >= 11 is 0. The van der Waals surface area contributed by atoms with Gasteiger partial charge in [-0.3, -0.25) is 9.89 Å². The Morgan fingerprint density at radius 3 is 2.51 bits per heavy atom. The third-order valence-electron chi connectivity index (χ3n) is 10.3. The molecule has 0 spiro atoms. The first kappa shape index (κ1) is 27.2. The third-order valence-corrected chi connectivity index (χ3v) is 10.3. The summed E-state index contributed by atoms with van der Waals surface area (Å²) < 4.78 is 24.8. The Morgan fingerprint density at radius 2 is 1.77 bits per heavy atom. The Labute approximate surface area is 253 Å². The van der Waals surface area contributed by atoms with Crippen molar-refractivity contribution in [1.29, 1.82) is 0 Å². The fourth-order valence-electron chi connectivity index (χ4n) is 7.20. The number of fused-ring (bicyclic) bond motifs is 7. The van der Waals surface area contributed by atoms with Crippen LogP contribution < -0.4 is 10.2 Å². The minimum Gasteiger partial charge on any atom is -0.488 e. The average Bonchev–Trinajstić information content (AvgIpc) is 3.28. The maximum Gasteiger partial charge on any atom is 0.494 e. The Bertz CT molecular complexity index is 1720. The lowest BCUT2D eigenvalue weighted by molar-refractivity contribution is 0.00578. The van der Waals surface area contributed by atoms with Gasteiger partial charge >= 0.3 is 13.2 Å². The number of likely N-dealkylation sites (tertiary alicyclic amines) is 1. The average molecular weight is 579 g/mol. The van der Waals surface area contributed by atoms with Gasteiger partial charge < -0.3 is 18.8 Å². The van der Waals surface area contributed by atoms with E-state index in [1.54, 1.807) is 0 Å². The fourth-order valence-corrected chi connectivity index (χ4v) is 7.20. The largest absolute Gasteiger partial charge is 0.494 e. The lowest BCUT2D eigenvalue weighted by atomic mass is 9.77. The van der Waals surface area contributed by atoms with Crippen LogP contribution in [0.4, 0.5) is 10.5 Å². The first-order chi connectivity index (χ1) is 20.3. The Kier molecular flexibility index (Phi) is 5.60. The number of nitrogens with zero attached hydrogens (tertiary/aromatic N) is 2. The normalized spacial score (nSPS) is 25.9. The first-order valence-electron chi connectivity index (χ1n) is 15.6. The predicted molar refractivity (Wildman–Crippen MR) is 169 cm³/mol. The maximum absolute atomic E-state index is 13.2. The molecule has 0 unspecified atom stereocenters. The number of carbonyl (C=O) groups is 1. The van der Waals surface area contributed by atoms with Crippen LogP contribution in [0, 0.1) is 5.92 Å². The monoisotopic (exact) mass is 578 g/mol. The van der Waals surface area contributed by atoms with Crippen molar-refractivity contribution in [2.24, 2.45) is 10.9 Å². The van der Waals surface area contributed by atoms with Crippen LogP contribution in [-0.2, 0) is 27.1 Å². The molecule has 222 valence electrons. The van der Waals surface area contributed by atoms with Crippen LogP contribution in [0.25, 0.3) is 21.9 Å². The zero-order valence-corrected chi connectivity index (χ0v) is 26.1. The summed E-state index contributed by atoms with van der Waals surface area (Å²) in [5.74, 6) is 1.45. The summed E-state index contributed by atoms with van der Waals surface area (Å²) in [7, 11) is -0.401. The lowest BCUT2D eigenvalue weighted by Crippen LogP contribution is -2.45. The number of piperidine rings is 1. The molecule has 3 fully saturated rings. The van der Waals surface area contributed by atoms with Crippen molar-refractivity contribution in [3.8, 4) is 16.9 Å². The molecule has 8 rings (SSSR count). The zero-order chi connectivity index (χ0) is 30.1. The molecule has 5 aliphatic rings. The van der Waals surface area contributed by atoms with E-state index in [9.17, 15) is 4.79 Å². The van der Waals surface area contributed by atoms with Gasteiger partial charge in [-0.05, 0) is 118 Å². The van der Waals surface area contributed by atoms with Gasteiger partial charge in [-0.1, -0.05) is 24.3 Å². The van der Waals surface area contributed by atoms with E-state index < -0.39 is 12.7 Å². The number of carbonyl (C=O) groups excluding carboxylic acids is 1. The summed E-state index contributed by atoms with van der Waals surface area (Å²) in [6, 6.07) is 15.4. The highest BCUT2D eigenvalue weighted by Crippen LogP contribution is 2.51. The van der Waals surface area contributed by atoms with Crippen LogP contribution in [0.1, 0.15) is 72.4 Å². The molecular weight excluding hydrogens is 539 g/mol. The van der Waals surface area contributed by atoms with Crippen molar-refractivity contribution in [3.63, 3.8) is 0 Å². The molecule has 0 aromatic heterocycles. The highest BCUT2D eigenvalue weighted by Gasteiger charge is 2.56. The van der Waals surface area contributed by atoms with Crippen molar-refractivity contribution >= 4 is 40.8 Å². The van der Waals surface area contributed by atoms with Crippen LogP contribution in [0.15, 0.2) is 47.5 Å². The van der Waals surface area contributed by atoms with Crippen LogP contribution in [-0.4, -0.2) is 52.7 Å². The van der Waals surface area contributed by atoms with Crippen molar-refractivity contribution in [3.05, 3.63) is 53.6 Å². The molecule has 1 saturated carbocycles. The molecule has 43 heavy (non-hydrogen) atoms. The van der Waals surface area contributed by atoms with E-state index in [1.807, 2.05) is 25.7 Å². The highest BCUT2D eigenvalue weighted by atomic mass is 16.7. The zero-order valence-electron chi connectivity index (χ0n) is 26.1. The van der Waals surface area contributed by atoms with Gasteiger partial charge in [0.15, 0.2) is 0 Å². The van der Waals surface area contributed by atoms with Gasteiger partial charge in [-0.2, -0.15) is 0 Å². The second-order valence-corrected chi connectivity index (χ2v) is 14.9. The second kappa shape index (κ2) is 8.85. The summed E-state index contributed by atoms with van der Waals surface area (Å²) in [5, 5.41) is 2.33. The van der Waals surface area contributed by atoms with Gasteiger partial charge in [-0.25, -0.2) is 4.79 Å². The molecule has 7 nitrogen and oxygen atoms in total. The van der Waals surface area contributed by atoms with Crippen LogP contribution in [0.5, 0.6) is 5.75 Å². The fraction of sp³-hybridized carbons (Fsp3) is 0.486. The molecule has 4 heterocycles. The molecule has 2 saturated heterocycles. The molecule has 0 radical (unpaired) electrons. The van der Waals surface area contributed by atoms with Gasteiger partial charge in [0.2, 0.25) is 0 Å². The minimum absolute atomic E-state index is 0.0000216. The molecule has 3 aromatic carbocycles. The molecule has 4 aliphatic heterocycles. The van der Waals surface area contributed by atoms with Crippen molar-refractivity contribution in [2.45, 2.75) is 103 Å². The summed E-state index contributed by atoms with van der Waals surface area (Å²) in [5.41, 5.74) is 6.42. The second-order valence-electron chi connectivity index (χ2n) is 14.9. The molecule has 0 bridgehead atoms. The number of aliphatic imine (C=N–C) groups is 1. The van der Waals surface area contributed by atoms with Crippen molar-refractivity contribution in [2.75, 3.05) is 0 Å². The quantitative estimate of drug-likeness (QED) is 0.316. The van der Waals surface area contributed by atoms with Gasteiger partial charge in [0, 0.05) is 23.7 Å². The summed E-state index contributed by atoms with van der Waals surface area (Å²) in [6.07, 6.45) is 2.57. The van der Waals surface area contributed by atoms with Gasteiger partial charge in [0.25, 0.3) is 0 Å². The molecule has 3 aromatic rings. The third kappa shape index (κ3) is 4.32. The standard InChI is InChI=1S/C35H39BN2O5/c1-33(2,3)41-32(39)38-29-14-20(29)15-30(38)28-16-25-24-17-31-26(13-19(24)8-11-27(25)37-28)23-10-9-22(12-21(23)18-40-31)36-42-34(4,5)35(6,7)43-36/h8-13,17,20,29-30H,14-16,18H2,1-7H3/t20-,29-,30+/m1/s1. The van der Waals surface area contributed by atoms with E-state index in [0.717, 1.165) is 53.0 Å². The number of hydrogen-bond acceptors (Lipinski definition) is 6. The number of rotatable bonds is 2.